The predicted molar refractivity (Wildman–Crippen MR) is 49.1 cm³/mol. The number of carbonyl (C=O) groups is 2. The summed E-state index contributed by atoms with van der Waals surface area (Å²) in [6, 6.07) is 0. The lowest BCUT2D eigenvalue weighted by molar-refractivity contribution is -0.114. The Balaban J connectivity index is 2.67. The fourth-order valence-corrected chi connectivity index (χ4v) is 1.08. The molecule has 2 amide bonds. The monoisotopic (exact) mass is 207 g/mol. The molecule has 2 rings (SSSR count). The number of rotatable bonds is 3. The average Bonchev–Trinajstić information content (AvgIpc) is 2.68. The summed E-state index contributed by atoms with van der Waals surface area (Å²) in [5, 5.41) is 0. The third-order valence-corrected chi connectivity index (χ3v) is 1.76. The van der Waals surface area contributed by atoms with E-state index in [-0.39, 0.29) is 29.9 Å². The van der Waals surface area contributed by atoms with Crippen LogP contribution in [0, 0.1) is 0 Å². The molecule has 8 heteroatoms. The van der Waals surface area contributed by atoms with E-state index in [2.05, 4.69) is 19.9 Å². The highest BCUT2D eigenvalue weighted by molar-refractivity contribution is 5.93. The van der Waals surface area contributed by atoms with Gasteiger partial charge in [0.05, 0.1) is 6.33 Å². The Morgan fingerprint density at radius 2 is 2.07 bits per heavy atom. The number of fused-ring (bicyclic) bond motifs is 1. The van der Waals surface area contributed by atoms with Gasteiger partial charge >= 0.3 is 0 Å². The number of nitrogens with zero attached hydrogens (tertiary/aromatic N) is 3. The molecule has 0 atom stereocenters. The van der Waals surface area contributed by atoms with Crippen LogP contribution < -0.4 is 10.5 Å². The van der Waals surface area contributed by atoms with Crippen LogP contribution in [-0.2, 0) is 9.59 Å². The van der Waals surface area contributed by atoms with Crippen molar-refractivity contribution in [3.05, 3.63) is 16.7 Å². The largest absolute Gasteiger partial charge is 0.339 e. The van der Waals surface area contributed by atoms with Crippen molar-refractivity contribution in [1.29, 1.82) is 0 Å². The molecule has 0 bridgehead atoms. The lowest BCUT2D eigenvalue weighted by Gasteiger charge is -2.05. The van der Waals surface area contributed by atoms with Crippen LogP contribution in [0.2, 0.25) is 0 Å². The lowest BCUT2D eigenvalue weighted by Crippen LogP contribution is -2.24. The third-order valence-electron chi connectivity index (χ3n) is 1.76. The lowest BCUT2D eigenvalue weighted by atomic mass is 10.5. The van der Waals surface area contributed by atoms with Gasteiger partial charge in [-0.1, -0.05) is 0 Å². The van der Waals surface area contributed by atoms with Gasteiger partial charge in [0, 0.05) is 0 Å². The van der Waals surface area contributed by atoms with Crippen LogP contribution in [0.1, 0.15) is 0 Å². The molecule has 0 spiro atoms. The number of anilines is 1. The van der Waals surface area contributed by atoms with Crippen LogP contribution in [0.5, 0.6) is 0 Å². The van der Waals surface area contributed by atoms with Crippen molar-refractivity contribution in [1.82, 2.24) is 19.9 Å². The van der Waals surface area contributed by atoms with Gasteiger partial charge in [-0.2, -0.15) is 4.98 Å². The Kier molecular flexibility index (Phi) is 2.01. The van der Waals surface area contributed by atoms with Gasteiger partial charge in [0.1, 0.15) is 0 Å². The van der Waals surface area contributed by atoms with Crippen LogP contribution in [0.3, 0.4) is 0 Å². The summed E-state index contributed by atoms with van der Waals surface area (Å²) in [5.74, 6) is -0.162. The van der Waals surface area contributed by atoms with Gasteiger partial charge in [-0.05, 0) is 0 Å². The molecule has 0 aromatic carbocycles. The Bertz CT molecular complexity index is 563. The molecule has 76 valence electrons. The Morgan fingerprint density at radius 1 is 1.33 bits per heavy atom. The number of aromatic amines is 2. The van der Waals surface area contributed by atoms with Gasteiger partial charge in [-0.3, -0.25) is 19.4 Å². The minimum Gasteiger partial charge on any atom is -0.339 e. The molecular weight excluding hydrogens is 202 g/mol. The van der Waals surface area contributed by atoms with Crippen molar-refractivity contribution in [2.24, 2.45) is 0 Å². The van der Waals surface area contributed by atoms with Crippen LogP contribution in [0.15, 0.2) is 11.1 Å². The maximum Gasteiger partial charge on any atom is 0.278 e. The zero-order chi connectivity index (χ0) is 10.8. The van der Waals surface area contributed by atoms with E-state index < -0.39 is 5.56 Å². The molecule has 15 heavy (non-hydrogen) atoms. The summed E-state index contributed by atoms with van der Waals surface area (Å²) in [6.07, 6.45) is 1.77. The maximum absolute atomic E-state index is 11.4. The van der Waals surface area contributed by atoms with E-state index in [4.69, 9.17) is 0 Å². The molecular formula is C7H5N5O3. The maximum atomic E-state index is 11.4. The molecule has 0 unspecified atom stereocenters. The summed E-state index contributed by atoms with van der Waals surface area (Å²) in [7, 11) is 0. The zero-order valence-corrected chi connectivity index (χ0v) is 7.30. The first-order valence-corrected chi connectivity index (χ1v) is 3.88. The number of carbonyl (C=O) groups excluding carboxylic acids is 2. The SMILES string of the molecule is O=CN(C=O)c1nc2nc[nH]c2c(=O)[nH]1. The molecule has 2 aromatic rings. The van der Waals surface area contributed by atoms with Crippen molar-refractivity contribution in [2.75, 3.05) is 4.90 Å². The van der Waals surface area contributed by atoms with Gasteiger partial charge in [-0.15, -0.1) is 0 Å². The zero-order valence-electron chi connectivity index (χ0n) is 7.30. The second kappa shape index (κ2) is 3.33. The molecule has 0 aliphatic rings. The number of imidazole rings is 1. The number of nitrogens with one attached hydrogen (secondary N) is 2. The van der Waals surface area contributed by atoms with E-state index in [1.54, 1.807) is 0 Å². The van der Waals surface area contributed by atoms with Crippen molar-refractivity contribution in [2.45, 2.75) is 0 Å². The number of amides is 2. The van der Waals surface area contributed by atoms with Gasteiger partial charge in [-0.25, -0.2) is 9.88 Å². The summed E-state index contributed by atoms with van der Waals surface area (Å²) in [4.78, 5) is 45.2. The van der Waals surface area contributed by atoms with Crippen molar-refractivity contribution in [3.8, 4) is 0 Å². The molecule has 8 nitrogen and oxygen atoms in total. The fourth-order valence-electron chi connectivity index (χ4n) is 1.08. The van der Waals surface area contributed by atoms with Crippen LogP contribution in [-0.4, -0.2) is 32.8 Å². The molecule has 2 heterocycles. The minimum absolute atomic E-state index is 0.141. The standard InChI is InChI=1S/C7H5N5O3/c13-2-12(3-14)7-10-5-4(6(15)11-7)8-1-9-5/h1-3H,(H2,8,9,10,11,15). The Hall–Kier alpha value is -2.51. The highest BCUT2D eigenvalue weighted by atomic mass is 16.2. The fraction of sp³-hybridized carbons (Fsp3) is 0. The molecule has 0 radical (unpaired) electrons. The van der Waals surface area contributed by atoms with Crippen LogP contribution in [0.25, 0.3) is 11.2 Å². The second-order valence-corrected chi connectivity index (χ2v) is 2.61. The Morgan fingerprint density at radius 3 is 2.73 bits per heavy atom. The van der Waals surface area contributed by atoms with E-state index in [0.717, 1.165) is 0 Å². The normalized spacial score (nSPS) is 10.1. The quantitative estimate of drug-likeness (QED) is 0.611. The predicted octanol–water partition coefficient (Wildman–Crippen LogP) is -1.23. The number of H-pyrrole nitrogens is 2. The molecule has 2 aromatic heterocycles. The van der Waals surface area contributed by atoms with Gasteiger partial charge in [0.2, 0.25) is 18.8 Å². The minimum atomic E-state index is -0.499. The molecule has 0 aliphatic heterocycles. The first-order chi connectivity index (χ1) is 7.26. The van der Waals surface area contributed by atoms with E-state index in [0.29, 0.717) is 4.90 Å². The van der Waals surface area contributed by atoms with E-state index >= 15 is 0 Å². The summed E-state index contributed by atoms with van der Waals surface area (Å²) in [6.45, 7) is 0. The number of imide groups is 1. The molecule has 0 saturated carbocycles. The average molecular weight is 207 g/mol. The summed E-state index contributed by atoms with van der Waals surface area (Å²) < 4.78 is 0. The number of hydrogen-bond donors (Lipinski definition) is 2. The van der Waals surface area contributed by atoms with E-state index in [1.807, 2.05) is 0 Å². The van der Waals surface area contributed by atoms with Crippen LogP contribution in [0.4, 0.5) is 5.95 Å². The molecule has 0 fully saturated rings. The smallest absolute Gasteiger partial charge is 0.278 e. The first kappa shape index (κ1) is 9.06. The van der Waals surface area contributed by atoms with Crippen molar-refractivity contribution in [3.63, 3.8) is 0 Å². The van der Waals surface area contributed by atoms with Crippen molar-refractivity contribution < 1.29 is 9.59 Å². The third kappa shape index (κ3) is 1.37. The molecule has 0 aliphatic carbocycles. The highest BCUT2D eigenvalue weighted by Gasteiger charge is 2.10. The Labute approximate surface area is 82.0 Å². The van der Waals surface area contributed by atoms with Gasteiger partial charge in [0.25, 0.3) is 5.56 Å². The van der Waals surface area contributed by atoms with Gasteiger partial charge < -0.3 is 4.98 Å². The summed E-state index contributed by atoms with van der Waals surface area (Å²) >= 11 is 0. The second-order valence-electron chi connectivity index (χ2n) is 2.61. The van der Waals surface area contributed by atoms with Gasteiger partial charge in [0.15, 0.2) is 11.2 Å². The van der Waals surface area contributed by atoms with E-state index in [9.17, 15) is 14.4 Å². The van der Waals surface area contributed by atoms with E-state index in [1.165, 1.54) is 6.33 Å². The van der Waals surface area contributed by atoms with Crippen LogP contribution >= 0.6 is 0 Å². The highest BCUT2D eigenvalue weighted by Crippen LogP contribution is 2.04. The molecule has 0 saturated heterocycles. The molecule has 2 N–H and O–H groups in total. The topological polar surface area (TPSA) is 112 Å². The summed E-state index contributed by atoms with van der Waals surface area (Å²) in [5.41, 5.74) is -0.167. The number of hydrogen-bond acceptors (Lipinski definition) is 5. The van der Waals surface area contributed by atoms with Crippen molar-refractivity contribution >= 4 is 29.9 Å². The first-order valence-electron chi connectivity index (χ1n) is 3.88. The number of aromatic nitrogens is 4.